The SMILES string of the molecule is CC/C=C/CC/C=C/CC/C=C/C(O)C(COP(=O)(O)OCC[N+](C)(C)C)NC(=O)CCCCCCCCCCCCCCCC/C=C\C/C=C\C/C=C\CCCCCCC. The van der Waals surface area contributed by atoms with Gasteiger partial charge in [0.1, 0.15) is 13.2 Å². The number of aliphatic hydroxyl groups is 1. The lowest BCUT2D eigenvalue weighted by molar-refractivity contribution is -0.870. The van der Waals surface area contributed by atoms with Crippen LogP contribution < -0.4 is 5.32 Å². The summed E-state index contributed by atoms with van der Waals surface area (Å²) in [5.41, 5.74) is 0. The molecule has 61 heavy (non-hydrogen) atoms. The fraction of sp³-hybridized carbons (Fsp3) is 0.750. The number of carbonyl (C=O) groups is 1. The number of nitrogens with zero attached hydrogens (tertiary/aromatic N) is 1. The highest BCUT2D eigenvalue weighted by Gasteiger charge is 2.27. The molecule has 0 aromatic heterocycles. The second kappa shape index (κ2) is 43.2. The summed E-state index contributed by atoms with van der Waals surface area (Å²) in [7, 11) is 1.54. The van der Waals surface area contributed by atoms with E-state index in [-0.39, 0.29) is 19.1 Å². The minimum Gasteiger partial charge on any atom is -0.387 e. The molecule has 0 aromatic rings. The van der Waals surface area contributed by atoms with Gasteiger partial charge in [-0.25, -0.2) is 4.57 Å². The zero-order valence-electron chi connectivity index (χ0n) is 40.1. The molecule has 0 aliphatic heterocycles. The molecule has 0 saturated heterocycles. The van der Waals surface area contributed by atoms with Gasteiger partial charge in [-0.15, -0.1) is 0 Å². The Balaban J connectivity index is 4.12. The molecule has 0 aliphatic rings. The molecule has 3 N–H and O–H groups in total. The second-order valence-corrected chi connectivity index (χ2v) is 19.2. The first-order valence-electron chi connectivity index (χ1n) is 24.8. The third-order valence-corrected chi connectivity index (χ3v) is 11.6. The van der Waals surface area contributed by atoms with E-state index >= 15 is 0 Å². The Morgan fingerprint density at radius 2 is 1.00 bits per heavy atom. The van der Waals surface area contributed by atoms with Gasteiger partial charge < -0.3 is 19.8 Å². The van der Waals surface area contributed by atoms with Crippen molar-refractivity contribution in [2.75, 3.05) is 40.9 Å². The number of likely N-dealkylation sites (N-methyl/N-ethyl adjacent to an activating group) is 1. The lowest BCUT2D eigenvalue weighted by Crippen LogP contribution is -2.45. The van der Waals surface area contributed by atoms with Gasteiger partial charge in [-0.3, -0.25) is 13.8 Å². The minimum absolute atomic E-state index is 0.0506. The Kier molecular flexibility index (Phi) is 41.7. The van der Waals surface area contributed by atoms with E-state index < -0.39 is 20.0 Å². The summed E-state index contributed by atoms with van der Waals surface area (Å²) in [4.78, 5) is 23.1. The maximum Gasteiger partial charge on any atom is 0.472 e. The van der Waals surface area contributed by atoms with Gasteiger partial charge in [0.2, 0.25) is 5.91 Å². The first kappa shape index (κ1) is 58.9. The third-order valence-electron chi connectivity index (χ3n) is 10.6. The van der Waals surface area contributed by atoms with E-state index in [9.17, 15) is 19.4 Å². The van der Waals surface area contributed by atoms with Crippen molar-refractivity contribution in [1.29, 1.82) is 0 Å². The lowest BCUT2D eigenvalue weighted by Gasteiger charge is -2.25. The molecule has 0 aromatic carbocycles. The Morgan fingerprint density at radius 1 is 0.574 bits per heavy atom. The van der Waals surface area contributed by atoms with Crippen LogP contribution in [-0.2, 0) is 18.4 Å². The molecule has 0 bridgehead atoms. The number of hydrogen-bond acceptors (Lipinski definition) is 5. The highest BCUT2D eigenvalue weighted by Crippen LogP contribution is 2.43. The standard InChI is InChI=1S/C52H95N2O6P/c1-6-8-10-12-14-16-18-19-20-21-22-23-24-25-26-27-28-29-30-31-32-33-34-35-36-38-40-42-44-46-52(56)53-50(49-60-61(57,58)59-48-47-54(3,4)5)51(55)45-43-41-39-37-17-15-13-11-9-7-2/h9,11,17-19,21-22,24-25,37,43,45,50-51,55H,6-8,10,12-16,20,23,26-36,38-42,44,46-49H2,1-5H3,(H-,53,56,57,58)/p+1/b11-9+,19-18-,22-21-,25-24-,37-17+,45-43+. The summed E-state index contributed by atoms with van der Waals surface area (Å²) < 4.78 is 23.5. The van der Waals surface area contributed by atoms with E-state index in [1.165, 1.54) is 116 Å². The smallest absolute Gasteiger partial charge is 0.387 e. The van der Waals surface area contributed by atoms with E-state index in [0.717, 1.165) is 64.2 Å². The molecule has 1 amide bonds. The van der Waals surface area contributed by atoms with Crippen LogP contribution in [0.1, 0.15) is 200 Å². The van der Waals surface area contributed by atoms with E-state index in [4.69, 9.17) is 9.05 Å². The predicted molar refractivity (Wildman–Crippen MR) is 263 cm³/mol. The molecule has 0 aliphatic carbocycles. The van der Waals surface area contributed by atoms with Crippen molar-refractivity contribution in [3.05, 3.63) is 72.9 Å². The number of carbonyl (C=O) groups excluding carboxylic acids is 1. The van der Waals surface area contributed by atoms with Crippen LogP contribution in [0.5, 0.6) is 0 Å². The predicted octanol–water partition coefficient (Wildman–Crippen LogP) is 14.4. The quantitative estimate of drug-likeness (QED) is 0.0244. The monoisotopic (exact) mass is 876 g/mol. The van der Waals surface area contributed by atoms with Crippen LogP contribution in [-0.4, -0.2) is 73.4 Å². The topological polar surface area (TPSA) is 105 Å². The summed E-state index contributed by atoms with van der Waals surface area (Å²) in [6.45, 7) is 4.64. The van der Waals surface area contributed by atoms with Crippen LogP contribution in [0.3, 0.4) is 0 Å². The number of nitrogens with one attached hydrogen (secondary N) is 1. The fourth-order valence-corrected chi connectivity index (χ4v) is 7.47. The summed E-state index contributed by atoms with van der Waals surface area (Å²) in [5, 5.41) is 13.8. The maximum absolute atomic E-state index is 12.9. The van der Waals surface area contributed by atoms with Crippen molar-refractivity contribution in [2.24, 2.45) is 0 Å². The molecule has 354 valence electrons. The summed E-state index contributed by atoms with van der Waals surface area (Å²) in [6.07, 6.45) is 58.7. The largest absolute Gasteiger partial charge is 0.472 e. The normalized spacial score (nSPS) is 14.8. The van der Waals surface area contributed by atoms with Gasteiger partial charge in [0.25, 0.3) is 0 Å². The Bertz CT molecular complexity index is 1220. The lowest BCUT2D eigenvalue weighted by atomic mass is 10.0. The molecule has 0 radical (unpaired) electrons. The summed E-state index contributed by atoms with van der Waals surface area (Å²) in [6, 6.07) is -0.871. The van der Waals surface area contributed by atoms with Gasteiger partial charge in [0, 0.05) is 6.42 Å². The number of phosphoric acid groups is 1. The summed E-state index contributed by atoms with van der Waals surface area (Å²) >= 11 is 0. The first-order chi connectivity index (χ1) is 29.5. The minimum atomic E-state index is -4.35. The molecule has 9 heteroatoms. The van der Waals surface area contributed by atoms with Crippen LogP contribution in [0.4, 0.5) is 0 Å². The molecule has 0 fully saturated rings. The molecular weight excluding hydrogens is 780 g/mol. The fourth-order valence-electron chi connectivity index (χ4n) is 6.73. The van der Waals surface area contributed by atoms with Crippen LogP contribution >= 0.6 is 7.82 Å². The van der Waals surface area contributed by atoms with Gasteiger partial charge in [0.05, 0.1) is 39.9 Å². The van der Waals surface area contributed by atoms with E-state index in [2.05, 4.69) is 79.9 Å². The highest BCUT2D eigenvalue weighted by atomic mass is 31.2. The number of quaternary nitrogens is 1. The number of hydrogen-bond donors (Lipinski definition) is 3. The second-order valence-electron chi connectivity index (χ2n) is 17.8. The van der Waals surface area contributed by atoms with Crippen molar-refractivity contribution in [3.63, 3.8) is 0 Å². The van der Waals surface area contributed by atoms with Crippen LogP contribution in [0.15, 0.2) is 72.9 Å². The van der Waals surface area contributed by atoms with Crippen molar-refractivity contribution in [1.82, 2.24) is 5.32 Å². The number of rotatable bonds is 44. The van der Waals surface area contributed by atoms with Gasteiger partial charge in [-0.1, -0.05) is 189 Å². The van der Waals surface area contributed by atoms with Crippen LogP contribution in [0.2, 0.25) is 0 Å². The molecule has 8 nitrogen and oxygen atoms in total. The van der Waals surface area contributed by atoms with Gasteiger partial charge in [-0.2, -0.15) is 0 Å². The van der Waals surface area contributed by atoms with E-state index in [0.29, 0.717) is 17.4 Å². The first-order valence-corrected chi connectivity index (χ1v) is 26.3. The molecule has 0 rings (SSSR count). The zero-order valence-corrected chi connectivity index (χ0v) is 41.0. The van der Waals surface area contributed by atoms with Crippen molar-refractivity contribution in [3.8, 4) is 0 Å². The zero-order chi connectivity index (χ0) is 45.0. The Hall–Kier alpha value is -2.06. The van der Waals surface area contributed by atoms with Crippen LogP contribution in [0.25, 0.3) is 0 Å². The summed E-state index contributed by atoms with van der Waals surface area (Å²) in [5.74, 6) is -0.197. The Morgan fingerprint density at radius 3 is 1.49 bits per heavy atom. The molecule has 0 heterocycles. The number of unbranched alkanes of at least 4 members (excludes halogenated alkanes) is 21. The maximum atomic E-state index is 12.9. The number of allylic oxidation sites excluding steroid dienone is 11. The molecule has 3 unspecified atom stereocenters. The molecular formula is C52H96N2O6P+. The van der Waals surface area contributed by atoms with E-state index in [1.807, 2.05) is 27.2 Å². The van der Waals surface area contributed by atoms with Crippen molar-refractivity contribution in [2.45, 2.75) is 212 Å². The van der Waals surface area contributed by atoms with Crippen LogP contribution in [0, 0.1) is 0 Å². The number of amides is 1. The number of phosphoric ester groups is 1. The molecule has 3 atom stereocenters. The molecule has 0 saturated carbocycles. The van der Waals surface area contributed by atoms with Gasteiger partial charge in [-0.05, 0) is 77.0 Å². The third kappa shape index (κ3) is 45.8. The van der Waals surface area contributed by atoms with Gasteiger partial charge >= 0.3 is 7.82 Å². The van der Waals surface area contributed by atoms with Gasteiger partial charge in [0.15, 0.2) is 0 Å². The highest BCUT2D eigenvalue weighted by molar-refractivity contribution is 7.47. The average molecular weight is 876 g/mol. The average Bonchev–Trinajstić information content (AvgIpc) is 3.21. The van der Waals surface area contributed by atoms with Crippen molar-refractivity contribution >= 4 is 13.7 Å². The molecule has 0 spiro atoms. The van der Waals surface area contributed by atoms with E-state index in [1.54, 1.807) is 6.08 Å². The number of aliphatic hydroxyl groups excluding tert-OH is 1. The van der Waals surface area contributed by atoms with Crippen molar-refractivity contribution < 1.29 is 32.9 Å². The Labute approximate surface area is 376 Å².